The molecule has 25 heavy (non-hydrogen) atoms. The molecule has 4 rings (SSSR count). The van der Waals surface area contributed by atoms with Crippen molar-refractivity contribution in [2.45, 2.75) is 20.4 Å². The van der Waals surface area contributed by atoms with Crippen molar-refractivity contribution < 1.29 is 13.7 Å². The van der Waals surface area contributed by atoms with E-state index in [9.17, 15) is 4.79 Å². The number of fused-ring (bicyclic) bond motifs is 1. The van der Waals surface area contributed by atoms with E-state index in [1.807, 2.05) is 49.6 Å². The van der Waals surface area contributed by atoms with Gasteiger partial charge in [-0.15, -0.1) is 11.3 Å². The second-order valence-corrected chi connectivity index (χ2v) is 6.73. The molecule has 0 aliphatic heterocycles. The van der Waals surface area contributed by atoms with Gasteiger partial charge in [-0.1, -0.05) is 29.4 Å². The summed E-state index contributed by atoms with van der Waals surface area (Å²) in [6.45, 7) is 4.35. The van der Waals surface area contributed by atoms with E-state index < -0.39 is 5.91 Å². The fourth-order valence-electron chi connectivity index (χ4n) is 2.66. The van der Waals surface area contributed by atoms with E-state index in [1.54, 1.807) is 11.3 Å². The maximum atomic E-state index is 12.2. The number of amides is 1. The second-order valence-electron chi connectivity index (χ2n) is 5.69. The molecule has 1 aromatic carbocycles. The third kappa shape index (κ3) is 2.83. The topological polar surface area (TPSA) is 81.2 Å². The van der Waals surface area contributed by atoms with Gasteiger partial charge in [0.15, 0.2) is 5.76 Å². The molecule has 4 aromatic rings. The molecule has 0 bridgehead atoms. The first-order chi connectivity index (χ1) is 12.1. The summed E-state index contributed by atoms with van der Waals surface area (Å²) in [5.74, 6) is 0.306. The molecule has 3 heterocycles. The number of hydrogen-bond acceptors (Lipinski definition) is 6. The van der Waals surface area contributed by atoms with Crippen LogP contribution in [-0.4, -0.2) is 16.0 Å². The Bertz CT molecular complexity index is 1050. The number of carbonyl (C=O) groups excluding carboxylic acids is 1. The van der Waals surface area contributed by atoms with Crippen LogP contribution in [0.3, 0.4) is 0 Å². The number of aryl methyl sites for hydroxylation is 2. The molecular weight excluding hydrogens is 338 g/mol. The van der Waals surface area contributed by atoms with E-state index >= 15 is 0 Å². The van der Waals surface area contributed by atoms with Gasteiger partial charge < -0.3 is 14.3 Å². The molecule has 0 fully saturated rings. The van der Waals surface area contributed by atoms with Gasteiger partial charge in [-0.25, -0.2) is 0 Å². The molecule has 0 radical (unpaired) electrons. The van der Waals surface area contributed by atoms with Gasteiger partial charge in [0.25, 0.3) is 0 Å². The van der Waals surface area contributed by atoms with E-state index in [4.69, 9.17) is 8.94 Å². The van der Waals surface area contributed by atoms with E-state index in [-0.39, 0.29) is 11.7 Å². The molecule has 0 saturated heterocycles. The van der Waals surface area contributed by atoms with E-state index in [0.29, 0.717) is 12.3 Å². The van der Waals surface area contributed by atoms with Gasteiger partial charge in [-0.05, 0) is 30.9 Å². The van der Waals surface area contributed by atoms with Crippen molar-refractivity contribution in [2.24, 2.45) is 0 Å². The van der Waals surface area contributed by atoms with Crippen LogP contribution in [0.2, 0.25) is 0 Å². The van der Waals surface area contributed by atoms with Crippen LogP contribution < -0.4 is 5.32 Å². The Balaban J connectivity index is 1.60. The number of benzene rings is 1. The zero-order valence-electron chi connectivity index (χ0n) is 13.7. The van der Waals surface area contributed by atoms with Crippen LogP contribution in [0.4, 0.5) is 0 Å². The number of rotatable bonds is 4. The quantitative estimate of drug-likeness (QED) is 0.597. The number of carbonyl (C=O) groups is 1. The van der Waals surface area contributed by atoms with Crippen LogP contribution in [0.1, 0.15) is 26.7 Å². The molecule has 0 aliphatic carbocycles. The van der Waals surface area contributed by atoms with Gasteiger partial charge in [0.1, 0.15) is 5.58 Å². The van der Waals surface area contributed by atoms with Crippen molar-refractivity contribution in [3.8, 4) is 11.6 Å². The fourth-order valence-corrected chi connectivity index (χ4v) is 3.31. The molecule has 0 unspecified atom stereocenters. The zero-order valence-corrected chi connectivity index (χ0v) is 14.5. The summed E-state index contributed by atoms with van der Waals surface area (Å²) in [5, 5.41) is 9.62. The van der Waals surface area contributed by atoms with E-state index in [0.717, 1.165) is 27.0 Å². The molecule has 0 spiro atoms. The molecule has 3 aromatic heterocycles. The molecule has 0 saturated carbocycles. The summed E-state index contributed by atoms with van der Waals surface area (Å²) in [5.41, 5.74) is 2.75. The molecule has 6 nitrogen and oxygen atoms in total. The van der Waals surface area contributed by atoms with E-state index in [1.165, 1.54) is 0 Å². The summed E-state index contributed by atoms with van der Waals surface area (Å²) >= 11 is 1.57. The van der Waals surface area contributed by atoms with Crippen LogP contribution in [0.5, 0.6) is 0 Å². The number of nitrogens with zero attached hydrogens (tertiary/aromatic N) is 2. The summed E-state index contributed by atoms with van der Waals surface area (Å²) < 4.78 is 11.0. The first-order valence-electron chi connectivity index (χ1n) is 7.77. The van der Waals surface area contributed by atoms with Crippen LogP contribution in [0.15, 0.2) is 44.7 Å². The second kappa shape index (κ2) is 6.18. The van der Waals surface area contributed by atoms with E-state index in [2.05, 4.69) is 15.5 Å². The number of hydrogen-bond donors (Lipinski definition) is 1. The van der Waals surface area contributed by atoms with Crippen molar-refractivity contribution in [2.75, 3.05) is 0 Å². The molecule has 7 heteroatoms. The highest BCUT2D eigenvalue weighted by atomic mass is 32.1. The predicted molar refractivity (Wildman–Crippen MR) is 94.5 cm³/mol. The highest BCUT2D eigenvalue weighted by Crippen LogP contribution is 2.32. The Kier molecular flexibility index (Phi) is 3.85. The first-order valence-corrected chi connectivity index (χ1v) is 8.65. The summed E-state index contributed by atoms with van der Waals surface area (Å²) in [6.07, 6.45) is 0. The highest BCUT2D eigenvalue weighted by molar-refractivity contribution is 7.09. The Hall–Kier alpha value is -2.93. The minimum Gasteiger partial charge on any atom is -0.452 e. The summed E-state index contributed by atoms with van der Waals surface area (Å²) in [4.78, 5) is 17.4. The smallest absolute Gasteiger partial charge is 0.316 e. The molecule has 0 aliphatic rings. The van der Waals surface area contributed by atoms with Gasteiger partial charge in [0, 0.05) is 15.8 Å². The minimum atomic E-state index is -0.405. The lowest BCUT2D eigenvalue weighted by atomic mass is 10.1. The zero-order chi connectivity index (χ0) is 17.4. The van der Waals surface area contributed by atoms with Gasteiger partial charge in [0.2, 0.25) is 5.82 Å². The van der Waals surface area contributed by atoms with Crippen LogP contribution in [-0.2, 0) is 6.54 Å². The lowest BCUT2D eigenvalue weighted by molar-refractivity contribution is 0.0907. The van der Waals surface area contributed by atoms with Crippen molar-refractivity contribution in [3.63, 3.8) is 0 Å². The third-order valence-corrected chi connectivity index (χ3v) is 4.86. The van der Waals surface area contributed by atoms with Crippen LogP contribution >= 0.6 is 11.3 Å². The van der Waals surface area contributed by atoms with Gasteiger partial charge in [0.05, 0.1) is 6.54 Å². The van der Waals surface area contributed by atoms with Gasteiger partial charge in [-0.2, -0.15) is 4.98 Å². The lowest BCUT2D eigenvalue weighted by Crippen LogP contribution is -2.22. The average molecular weight is 353 g/mol. The molecule has 126 valence electrons. The Labute approximate surface area is 147 Å². The van der Waals surface area contributed by atoms with Crippen molar-refractivity contribution in [1.29, 1.82) is 0 Å². The first kappa shape index (κ1) is 15.6. The Morgan fingerprint density at radius 3 is 2.88 bits per heavy atom. The Morgan fingerprint density at radius 1 is 1.24 bits per heavy atom. The highest BCUT2D eigenvalue weighted by Gasteiger charge is 2.21. The molecule has 1 amide bonds. The van der Waals surface area contributed by atoms with Crippen molar-refractivity contribution in [1.82, 2.24) is 15.5 Å². The number of para-hydroxylation sites is 1. The third-order valence-electron chi connectivity index (χ3n) is 3.99. The fraction of sp³-hybridized carbons (Fsp3) is 0.167. The number of aromatic nitrogens is 2. The predicted octanol–water partition coefficient (Wildman–Crippen LogP) is 4.09. The van der Waals surface area contributed by atoms with Crippen LogP contribution in [0.25, 0.3) is 22.6 Å². The molecule has 0 atom stereocenters. The van der Waals surface area contributed by atoms with Gasteiger partial charge in [-0.3, -0.25) is 4.79 Å². The van der Waals surface area contributed by atoms with Crippen molar-refractivity contribution in [3.05, 3.63) is 57.6 Å². The largest absolute Gasteiger partial charge is 0.452 e. The number of nitrogens with one attached hydrogen (secondary N) is 1. The monoisotopic (exact) mass is 353 g/mol. The van der Waals surface area contributed by atoms with Gasteiger partial charge >= 0.3 is 11.8 Å². The van der Waals surface area contributed by atoms with Crippen LogP contribution in [0, 0.1) is 13.8 Å². The SMILES string of the molecule is Cc1c(-c2noc(C(=O)NCc3cccs3)n2)oc2c(C)cccc12. The maximum absolute atomic E-state index is 12.2. The minimum absolute atomic E-state index is 0.0804. The summed E-state index contributed by atoms with van der Waals surface area (Å²) in [6, 6.07) is 9.82. The molecular formula is C18H15N3O3S. The average Bonchev–Trinajstić information content (AvgIpc) is 3.33. The molecule has 1 N–H and O–H groups in total. The summed E-state index contributed by atoms with van der Waals surface area (Å²) in [7, 11) is 0. The maximum Gasteiger partial charge on any atom is 0.316 e. The van der Waals surface area contributed by atoms with Crippen molar-refractivity contribution >= 4 is 28.2 Å². The standard InChI is InChI=1S/C18H15N3O3S/c1-10-5-3-7-13-11(2)15(23-14(10)13)16-20-18(24-21-16)17(22)19-9-12-6-4-8-25-12/h3-8H,9H2,1-2H3,(H,19,22). The Morgan fingerprint density at radius 2 is 2.12 bits per heavy atom. The normalized spacial score (nSPS) is 11.1. The number of furan rings is 1. The number of thiophene rings is 1. The lowest BCUT2D eigenvalue weighted by Gasteiger charge is -1.98.